The highest BCUT2D eigenvalue weighted by molar-refractivity contribution is 5.21. The Kier molecular flexibility index (Phi) is 2.02. The van der Waals surface area contributed by atoms with Crippen molar-refractivity contribution in [2.24, 2.45) is 0 Å². The van der Waals surface area contributed by atoms with Crippen LogP contribution >= 0.6 is 0 Å². The van der Waals surface area contributed by atoms with Crippen LogP contribution < -0.4 is 0 Å². The van der Waals surface area contributed by atoms with Crippen molar-refractivity contribution in [2.75, 3.05) is 0 Å². The number of aryl methyl sites for hydroxylation is 2. The van der Waals surface area contributed by atoms with E-state index in [-0.39, 0.29) is 5.60 Å². The largest absolute Gasteiger partial charge is 0.489 e. The van der Waals surface area contributed by atoms with Gasteiger partial charge in [0.2, 0.25) is 0 Å². The average Bonchev–Trinajstić information content (AvgIpc) is 2.52. The van der Waals surface area contributed by atoms with Crippen LogP contribution in [0.3, 0.4) is 0 Å². The smallest absolute Gasteiger partial charge is 0.152 e. The predicted molar refractivity (Wildman–Crippen MR) is 53.7 cm³/mol. The molecular weight excluding hydrogens is 176 g/mol. The van der Waals surface area contributed by atoms with Crippen molar-refractivity contribution in [2.45, 2.75) is 32.8 Å². The minimum atomic E-state index is -0.315. The molecule has 1 aromatic heterocycles. The molecule has 1 atom stereocenters. The van der Waals surface area contributed by atoms with Gasteiger partial charge in [-0.15, -0.1) is 0 Å². The van der Waals surface area contributed by atoms with Gasteiger partial charge in [-0.25, -0.2) is 0 Å². The fraction of sp³-hybridized carbons (Fsp3) is 0.455. The van der Waals surface area contributed by atoms with Crippen molar-refractivity contribution < 1.29 is 4.74 Å². The molecule has 0 saturated carbocycles. The van der Waals surface area contributed by atoms with Crippen LogP contribution in [0.25, 0.3) is 0 Å². The lowest BCUT2D eigenvalue weighted by Crippen LogP contribution is -2.23. The fourth-order valence-corrected chi connectivity index (χ4v) is 1.79. The van der Waals surface area contributed by atoms with Gasteiger partial charge < -0.3 is 4.74 Å². The van der Waals surface area contributed by atoms with Crippen molar-refractivity contribution in [3.63, 3.8) is 0 Å². The summed E-state index contributed by atoms with van der Waals surface area (Å²) in [7, 11) is 0. The SMILES string of the molecule is Cc1cnc(C2(C)CC=CO2)c(C)n1. The summed E-state index contributed by atoms with van der Waals surface area (Å²) in [6.45, 7) is 5.96. The summed E-state index contributed by atoms with van der Waals surface area (Å²) in [6, 6.07) is 0. The molecule has 0 bridgehead atoms. The minimum absolute atomic E-state index is 0.315. The highest BCUT2D eigenvalue weighted by Crippen LogP contribution is 2.33. The van der Waals surface area contributed by atoms with E-state index in [4.69, 9.17) is 4.74 Å². The van der Waals surface area contributed by atoms with Gasteiger partial charge in [-0.3, -0.25) is 9.97 Å². The molecule has 0 aliphatic carbocycles. The molecule has 0 radical (unpaired) electrons. The molecule has 14 heavy (non-hydrogen) atoms. The van der Waals surface area contributed by atoms with Crippen molar-refractivity contribution >= 4 is 0 Å². The molecule has 0 fully saturated rings. The first-order valence-corrected chi connectivity index (χ1v) is 4.75. The van der Waals surface area contributed by atoms with Gasteiger partial charge in [-0.2, -0.15) is 0 Å². The second-order valence-electron chi connectivity index (χ2n) is 3.87. The topological polar surface area (TPSA) is 35.0 Å². The standard InChI is InChI=1S/C11H14N2O/c1-8-7-12-10(9(2)13-8)11(3)5-4-6-14-11/h4,6-7H,5H2,1-3H3. The number of aromatic nitrogens is 2. The quantitative estimate of drug-likeness (QED) is 0.681. The van der Waals surface area contributed by atoms with E-state index < -0.39 is 0 Å². The monoisotopic (exact) mass is 190 g/mol. The van der Waals surface area contributed by atoms with Crippen LogP contribution in [-0.4, -0.2) is 9.97 Å². The Morgan fingerprint density at radius 2 is 2.21 bits per heavy atom. The molecule has 3 heteroatoms. The van der Waals surface area contributed by atoms with Gasteiger partial charge in [-0.1, -0.05) is 0 Å². The van der Waals surface area contributed by atoms with E-state index in [0.29, 0.717) is 0 Å². The second-order valence-corrected chi connectivity index (χ2v) is 3.87. The third-order valence-corrected chi connectivity index (χ3v) is 2.50. The van der Waals surface area contributed by atoms with Crippen LogP contribution in [0.15, 0.2) is 18.5 Å². The Labute approximate surface area is 83.8 Å². The summed E-state index contributed by atoms with van der Waals surface area (Å²) in [5.74, 6) is 0. The molecule has 2 rings (SSSR count). The van der Waals surface area contributed by atoms with Crippen LogP contribution in [0, 0.1) is 13.8 Å². The highest BCUT2D eigenvalue weighted by Gasteiger charge is 2.33. The van der Waals surface area contributed by atoms with Crippen LogP contribution in [-0.2, 0) is 10.3 Å². The Bertz CT molecular complexity index is 377. The van der Waals surface area contributed by atoms with Gasteiger partial charge >= 0.3 is 0 Å². The minimum Gasteiger partial charge on any atom is -0.489 e. The lowest BCUT2D eigenvalue weighted by atomic mass is 9.97. The zero-order valence-electron chi connectivity index (χ0n) is 8.74. The third kappa shape index (κ3) is 1.39. The van der Waals surface area contributed by atoms with E-state index in [1.54, 1.807) is 12.5 Å². The van der Waals surface area contributed by atoms with Gasteiger partial charge in [0.05, 0.1) is 17.6 Å². The molecule has 0 spiro atoms. The summed E-state index contributed by atoms with van der Waals surface area (Å²) in [4.78, 5) is 8.80. The third-order valence-electron chi connectivity index (χ3n) is 2.50. The molecule has 1 aliphatic heterocycles. The Morgan fingerprint density at radius 3 is 2.79 bits per heavy atom. The van der Waals surface area contributed by atoms with E-state index in [9.17, 15) is 0 Å². The summed E-state index contributed by atoms with van der Waals surface area (Å²) >= 11 is 0. The molecule has 0 amide bonds. The molecule has 0 N–H and O–H groups in total. The molecule has 0 saturated heterocycles. The van der Waals surface area contributed by atoms with Crippen LogP contribution in [0.1, 0.15) is 30.4 Å². The number of hydrogen-bond donors (Lipinski definition) is 0. The van der Waals surface area contributed by atoms with Crippen molar-refractivity contribution in [1.29, 1.82) is 0 Å². The predicted octanol–water partition coefficient (Wildman–Crippen LogP) is 2.24. The van der Waals surface area contributed by atoms with Crippen molar-refractivity contribution in [3.05, 3.63) is 35.6 Å². The molecule has 2 heterocycles. The molecule has 1 aliphatic rings. The molecule has 3 nitrogen and oxygen atoms in total. The second kappa shape index (κ2) is 3.08. The van der Waals surface area contributed by atoms with Crippen LogP contribution in [0.2, 0.25) is 0 Å². The first-order valence-electron chi connectivity index (χ1n) is 4.75. The molecular formula is C11H14N2O. The van der Waals surface area contributed by atoms with Gasteiger partial charge in [0, 0.05) is 12.6 Å². The first kappa shape index (κ1) is 9.19. The lowest BCUT2D eigenvalue weighted by Gasteiger charge is -2.24. The van der Waals surface area contributed by atoms with Gasteiger partial charge in [0.25, 0.3) is 0 Å². The van der Waals surface area contributed by atoms with E-state index in [1.165, 1.54) is 0 Å². The van der Waals surface area contributed by atoms with Gasteiger partial charge in [0.1, 0.15) is 5.69 Å². The van der Waals surface area contributed by atoms with E-state index in [2.05, 4.69) is 9.97 Å². The number of rotatable bonds is 1. The van der Waals surface area contributed by atoms with Gasteiger partial charge in [0.15, 0.2) is 5.60 Å². The Balaban J connectivity index is 2.41. The maximum absolute atomic E-state index is 5.56. The summed E-state index contributed by atoms with van der Waals surface area (Å²) < 4.78 is 5.56. The molecule has 74 valence electrons. The number of hydrogen-bond acceptors (Lipinski definition) is 3. The zero-order chi connectivity index (χ0) is 10.2. The summed E-state index contributed by atoms with van der Waals surface area (Å²) in [6.07, 6.45) is 6.41. The molecule has 0 aromatic carbocycles. The van der Waals surface area contributed by atoms with E-state index in [1.807, 2.05) is 26.8 Å². The summed E-state index contributed by atoms with van der Waals surface area (Å²) in [5.41, 5.74) is 2.52. The highest BCUT2D eigenvalue weighted by atomic mass is 16.5. The number of ether oxygens (including phenoxy) is 1. The first-order chi connectivity index (χ1) is 6.62. The van der Waals surface area contributed by atoms with Crippen molar-refractivity contribution in [3.8, 4) is 0 Å². The van der Waals surface area contributed by atoms with Crippen LogP contribution in [0.5, 0.6) is 0 Å². The normalized spacial score (nSPS) is 25.1. The van der Waals surface area contributed by atoms with E-state index >= 15 is 0 Å². The number of nitrogens with zero attached hydrogens (tertiary/aromatic N) is 2. The maximum atomic E-state index is 5.56. The fourth-order valence-electron chi connectivity index (χ4n) is 1.79. The Hall–Kier alpha value is -1.38. The van der Waals surface area contributed by atoms with E-state index in [0.717, 1.165) is 23.5 Å². The molecule has 1 unspecified atom stereocenters. The summed E-state index contributed by atoms with van der Waals surface area (Å²) in [5, 5.41) is 0. The Morgan fingerprint density at radius 1 is 1.43 bits per heavy atom. The molecule has 1 aromatic rings. The van der Waals surface area contributed by atoms with Gasteiger partial charge in [-0.05, 0) is 26.8 Å². The lowest BCUT2D eigenvalue weighted by molar-refractivity contribution is 0.0554. The zero-order valence-corrected chi connectivity index (χ0v) is 8.74. The average molecular weight is 190 g/mol. The van der Waals surface area contributed by atoms with Crippen LogP contribution in [0.4, 0.5) is 0 Å². The maximum Gasteiger partial charge on any atom is 0.152 e. The van der Waals surface area contributed by atoms with Crippen molar-refractivity contribution in [1.82, 2.24) is 9.97 Å².